The number of esters is 1. The Morgan fingerprint density at radius 2 is 1.86 bits per heavy atom. The van der Waals surface area contributed by atoms with Crippen LogP contribution in [0.3, 0.4) is 0 Å². The van der Waals surface area contributed by atoms with Gasteiger partial charge in [-0.05, 0) is 31.2 Å². The number of nitrogens with one attached hydrogen (secondary N) is 1. The maximum absolute atomic E-state index is 12.5. The third-order valence-corrected chi connectivity index (χ3v) is 5.63. The van der Waals surface area contributed by atoms with Crippen LogP contribution in [-0.4, -0.2) is 47.1 Å². The number of fused-ring (bicyclic) bond motifs is 1. The summed E-state index contributed by atoms with van der Waals surface area (Å²) in [7, 11) is 0. The second-order valence-electron chi connectivity index (χ2n) is 6.56. The normalized spacial score (nSPS) is 22.0. The van der Waals surface area contributed by atoms with E-state index in [1.807, 2.05) is 12.2 Å². The molecule has 1 saturated heterocycles. The molecule has 0 saturated carbocycles. The lowest BCUT2D eigenvalue weighted by atomic mass is 9.85. The van der Waals surface area contributed by atoms with Crippen LogP contribution < -0.4 is 11.1 Å². The minimum Gasteiger partial charge on any atom is -0.454 e. The van der Waals surface area contributed by atoms with Gasteiger partial charge in [-0.1, -0.05) is 12.2 Å². The van der Waals surface area contributed by atoms with Gasteiger partial charge in [0.05, 0.1) is 17.4 Å². The molecule has 1 aliphatic heterocycles. The third-order valence-electron chi connectivity index (χ3n) is 4.80. The number of primary amides is 1. The Kier molecular flexibility index (Phi) is 5.59. The largest absolute Gasteiger partial charge is 0.454 e. The molecule has 1 aromatic rings. The molecule has 9 nitrogen and oxygen atoms in total. The van der Waals surface area contributed by atoms with E-state index in [9.17, 15) is 24.0 Å². The highest BCUT2D eigenvalue weighted by Gasteiger charge is 2.50. The van der Waals surface area contributed by atoms with Gasteiger partial charge in [-0.3, -0.25) is 24.1 Å². The Labute approximate surface area is 164 Å². The molecular formula is C18H19N3O6S. The number of hydrogen-bond donors (Lipinski definition) is 2. The van der Waals surface area contributed by atoms with E-state index in [-0.39, 0.29) is 10.6 Å². The average Bonchev–Trinajstić information content (AvgIpc) is 3.23. The molecule has 2 heterocycles. The zero-order chi connectivity index (χ0) is 20.4. The topological polar surface area (TPSA) is 136 Å². The van der Waals surface area contributed by atoms with E-state index in [1.165, 1.54) is 13.0 Å². The van der Waals surface area contributed by atoms with E-state index in [2.05, 4.69) is 5.32 Å². The predicted octanol–water partition coefficient (Wildman–Crippen LogP) is 0.668. The molecular weight excluding hydrogens is 386 g/mol. The zero-order valence-electron chi connectivity index (χ0n) is 15.0. The molecule has 1 aliphatic carbocycles. The number of rotatable bonds is 6. The first-order valence-corrected chi connectivity index (χ1v) is 9.55. The van der Waals surface area contributed by atoms with Crippen LogP contribution in [-0.2, 0) is 23.9 Å². The van der Waals surface area contributed by atoms with Gasteiger partial charge in [0.15, 0.2) is 6.61 Å². The standard InChI is InChI=1S/C18H19N3O6S/c1-9(21-16(24)10-4-2-3-5-11(10)17(21)25)18(26)27-8-13(22)20-15-12(14(19)23)6-7-28-15/h2-3,6-7,9-11H,4-5,8H2,1H3,(H2,19,23)(H,20,22)/t9-,10-,11-/m0/s1. The van der Waals surface area contributed by atoms with Crippen LogP contribution in [0.25, 0.3) is 0 Å². The van der Waals surface area contributed by atoms with Gasteiger partial charge in [-0.25, -0.2) is 4.79 Å². The quantitative estimate of drug-likeness (QED) is 0.406. The maximum atomic E-state index is 12.5. The third kappa shape index (κ3) is 3.68. The van der Waals surface area contributed by atoms with Crippen molar-refractivity contribution in [2.75, 3.05) is 11.9 Å². The average molecular weight is 405 g/mol. The second-order valence-corrected chi connectivity index (χ2v) is 7.48. The number of ether oxygens (including phenoxy) is 1. The fraction of sp³-hybridized carbons (Fsp3) is 0.389. The van der Waals surface area contributed by atoms with Crippen molar-refractivity contribution in [2.45, 2.75) is 25.8 Å². The summed E-state index contributed by atoms with van der Waals surface area (Å²) < 4.78 is 4.95. The molecule has 148 valence electrons. The van der Waals surface area contributed by atoms with Crippen molar-refractivity contribution in [3.8, 4) is 0 Å². The number of imide groups is 1. The summed E-state index contributed by atoms with van der Waals surface area (Å²) in [6.07, 6.45) is 4.65. The van der Waals surface area contributed by atoms with Crippen molar-refractivity contribution in [2.24, 2.45) is 17.6 Å². The molecule has 10 heteroatoms. The number of carbonyl (C=O) groups is 5. The smallest absolute Gasteiger partial charge is 0.329 e. The Balaban J connectivity index is 1.56. The second kappa shape index (κ2) is 7.93. The highest BCUT2D eigenvalue weighted by molar-refractivity contribution is 7.14. The number of likely N-dealkylation sites (tertiary alicyclic amines) is 1. The van der Waals surface area contributed by atoms with Gasteiger partial charge >= 0.3 is 5.97 Å². The molecule has 0 bridgehead atoms. The molecule has 3 rings (SSSR count). The van der Waals surface area contributed by atoms with Crippen molar-refractivity contribution in [1.29, 1.82) is 0 Å². The molecule has 0 spiro atoms. The van der Waals surface area contributed by atoms with Gasteiger partial charge in [-0.2, -0.15) is 0 Å². The summed E-state index contributed by atoms with van der Waals surface area (Å²) in [5, 5.41) is 4.28. The van der Waals surface area contributed by atoms with E-state index in [4.69, 9.17) is 10.5 Å². The number of allylic oxidation sites excluding steroid dienone is 2. The molecule has 1 aromatic heterocycles. The number of carbonyl (C=O) groups excluding carboxylic acids is 5. The van der Waals surface area contributed by atoms with Crippen LogP contribution in [0.15, 0.2) is 23.6 Å². The number of amides is 4. The van der Waals surface area contributed by atoms with E-state index in [1.54, 1.807) is 5.38 Å². The lowest BCUT2D eigenvalue weighted by molar-refractivity contribution is -0.159. The lowest BCUT2D eigenvalue weighted by Gasteiger charge is -2.21. The number of hydrogen-bond acceptors (Lipinski definition) is 7. The highest BCUT2D eigenvalue weighted by atomic mass is 32.1. The SMILES string of the molecule is C[C@@H](C(=O)OCC(=O)Nc1sccc1C(N)=O)N1C(=O)[C@H]2CC=CC[C@@H]2C1=O. The van der Waals surface area contributed by atoms with Crippen molar-refractivity contribution in [1.82, 2.24) is 4.90 Å². The van der Waals surface area contributed by atoms with Gasteiger partial charge in [0.25, 0.3) is 11.8 Å². The van der Waals surface area contributed by atoms with Gasteiger partial charge in [0.1, 0.15) is 11.0 Å². The van der Waals surface area contributed by atoms with Crippen LogP contribution in [0.1, 0.15) is 30.1 Å². The predicted molar refractivity (Wildman–Crippen MR) is 99.1 cm³/mol. The van der Waals surface area contributed by atoms with Gasteiger partial charge in [-0.15, -0.1) is 11.3 Å². The van der Waals surface area contributed by atoms with Gasteiger partial charge < -0.3 is 15.8 Å². The summed E-state index contributed by atoms with van der Waals surface area (Å²) in [6, 6.07) is 0.344. The fourth-order valence-corrected chi connectivity index (χ4v) is 4.14. The lowest BCUT2D eigenvalue weighted by Crippen LogP contribution is -2.45. The summed E-state index contributed by atoms with van der Waals surface area (Å²) >= 11 is 1.10. The molecule has 0 unspecified atom stereocenters. The minimum absolute atomic E-state index is 0.155. The molecule has 2 aliphatic rings. The molecule has 3 atom stereocenters. The summed E-state index contributed by atoms with van der Waals surface area (Å²) in [5.41, 5.74) is 5.35. The Morgan fingerprint density at radius 3 is 2.43 bits per heavy atom. The number of nitrogens with two attached hydrogens (primary N) is 1. The highest BCUT2D eigenvalue weighted by Crippen LogP contribution is 2.36. The van der Waals surface area contributed by atoms with Crippen LogP contribution in [0.2, 0.25) is 0 Å². The molecule has 4 amide bonds. The fourth-order valence-electron chi connectivity index (χ4n) is 3.33. The van der Waals surface area contributed by atoms with E-state index in [0.717, 1.165) is 16.2 Å². The van der Waals surface area contributed by atoms with Crippen LogP contribution in [0.4, 0.5) is 5.00 Å². The van der Waals surface area contributed by atoms with Crippen molar-refractivity contribution < 1.29 is 28.7 Å². The van der Waals surface area contributed by atoms with E-state index >= 15 is 0 Å². The Bertz CT molecular complexity index is 850. The maximum Gasteiger partial charge on any atom is 0.329 e. The van der Waals surface area contributed by atoms with Gasteiger partial charge in [0, 0.05) is 0 Å². The summed E-state index contributed by atoms with van der Waals surface area (Å²) in [4.78, 5) is 61.4. The monoisotopic (exact) mass is 405 g/mol. The number of nitrogens with zero attached hydrogens (tertiary/aromatic N) is 1. The molecule has 1 fully saturated rings. The molecule has 3 N–H and O–H groups in total. The summed E-state index contributed by atoms with van der Waals surface area (Å²) in [6.45, 7) is 0.773. The Hall–Kier alpha value is -3.01. The minimum atomic E-state index is -1.12. The van der Waals surface area contributed by atoms with Crippen molar-refractivity contribution in [3.05, 3.63) is 29.2 Å². The molecule has 28 heavy (non-hydrogen) atoms. The number of thiophene rings is 1. The van der Waals surface area contributed by atoms with Crippen LogP contribution in [0, 0.1) is 11.8 Å². The first-order chi connectivity index (χ1) is 13.3. The first kappa shape index (κ1) is 19.7. The van der Waals surface area contributed by atoms with Crippen molar-refractivity contribution >= 4 is 45.9 Å². The van der Waals surface area contributed by atoms with Crippen LogP contribution in [0.5, 0.6) is 0 Å². The first-order valence-electron chi connectivity index (χ1n) is 8.67. The Morgan fingerprint density at radius 1 is 1.25 bits per heavy atom. The zero-order valence-corrected chi connectivity index (χ0v) is 15.9. The van der Waals surface area contributed by atoms with Gasteiger partial charge in [0.2, 0.25) is 11.8 Å². The van der Waals surface area contributed by atoms with E-state index < -0.39 is 54.1 Å². The molecule has 0 radical (unpaired) electrons. The van der Waals surface area contributed by atoms with E-state index in [0.29, 0.717) is 12.8 Å². The van der Waals surface area contributed by atoms with Crippen molar-refractivity contribution in [3.63, 3.8) is 0 Å². The molecule has 0 aromatic carbocycles. The number of anilines is 1. The summed E-state index contributed by atoms with van der Waals surface area (Å²) in [5.74, 6) is -3.88. The van der Waals surface area contributed by atoms with Crippen LogP contribution >= 0.6 is 11.3 Å².